The lowest BCUT2D eigenvalue weighted by Gasteiger charge is -2.33. The summed E-state index contributed by atoms with van der Waals surface area (Å²) in [4.78, 5) is 0. The molecule has 0 aliphatic carbocycles. The summed E-state index contributed by atoms with van der Waals surface area (Å²) in [5.74, 6) is 0. The molecule has 0 aliphatic heterocycles. The van der Waals surface area contributed by atoms with E-state index in [1.165, 1.54) is 31.1 Å². The van der Waals surface area contributed by atoms with E-state index in [9.17, 15) is 0 Å². The average molecular weight is 585 g/mol. The molecule has 7 rings (SSSR count). The van der Waals surface area contributed by atoms with Crippen LogP contribution in [0.4, 0.5) is 0 Å². The van der Waals surface area contributed by atoms with Crippen LogP contribution >= 0.6 is 0 Å². The van der Waals surface area contributed by atoms with Crippen LogP contribution in [0.1, 0.15) is 0 Å². The maximum absolute atomic E-state index is 7.46. The molecule has 3 heteroatoms. The molecule has 6 aromatic carbocycles. The third kappa shape index (κ3) is 4.54. The molecule has 206 valence electrons. The van der Waals surface area contributed by atoms with Gasteiger partial charge in [-0.05, 0) is 43.3 Å². The van der Waals surface area contributed by atoms with Gasteiger partial charge in [-0.2, -0.15) is 0 Å². The van der Waals surface area contributed by atoms with E-state index in [0.717, 1.165) is 10.8 Å². The number of hydrogen-bond acceptors (Lipinski definition) is 1. The van der Waals surface area contributed by atoms with E-state index in [1.807, 2.05) is 0 Å². The second-order valence-electron chi connectivity index (χ2n) is 10.9. The number of furan rings is 1. The Hall–Kier alpha value is -4.97. The van der Waals surface area contributed by atoms with Gasteiger partial charge in [-0.1, -0.05) is 182 Å². The fourth-order valence-electron chi connectivity index (χ4n) is 6.72. The van der Waals surface area contributed by atoms with E-state index in [4.69, 9.17) is 4.42 Å². The molecule has 0 bridgehead atoms. The van der Waals surface area contributed by atoms with Crippen LogP contribution in [-0.2, 0) is 0 Å². The van der Waals surface area contributed by atoms with Gasteiger partial charge in [0.05, 0.1) is 10.8 Å². The van der Waals surface area contributed by atoms with Crippen molar-refractivity contribution in [3.63, 3.8) is 0 Å². The third-order valence-electron chi connectivity index (χ3n) is 8.59. The Kier molecular flexibility index (Phi) is 7.34. The van der Waals surface area contributed by atoms with Gasteiger partial charge in [0, 0.05) is 0 Å². The summed E-state index contributed by atoms with van der Waals surface area (Å²) in [5, 5.41) is 9.93. The molecule has 1 nitrogen and oxygen atoms in total. The van der Waals surface area contributed by atoms with Crippen LogP contribution in [0.15, 0.2) is 199 Å². The van der Waals surface area contributed by atoms with Crippen molar-refractivity contribution >= 4 is 58.0 Å². The highest BCUT2D eigenvalue weighted by atomic mass is 28.3. The summed E-state index contributed by atoms with van der Waals surface area (Å²) in [6.07, 6.45) is 0. The zero-order valence-corrected chi connectivity index (χ0v) is 25.9. The monoisotopic (exact) mass is 584 g/mol. The average Bonchev–Trinajstić information content (AvgIpc) is 3.59. The summed E-state index contributed by atoms with van der Waals surface area (Å²) >= 11 is 0. The molecule has 43 heavy (non-hydrogen) atoms. The fourth-order valence-corrected chi connectivity index (χ4v) is 15.9. The maximum Gasteiger partial charge on any atom is 0.223 e. The van der Waals surface area contributed by atoms with Gasteiger partial charge in [-0.3, -0.25) is 0 Å². The zero-order chi connectivity index (χ0) is 29.0. The molecule has 0 aliphatic rings. The topological polar surface area (TPSA) is 13.1 Å². The molecule has 7 aromatic rings. The van der Waals surface area contributed by atoms with Crippen molar-refractivity contribution in [2.45, 2.75) is 0 Å². The van der Waals surface area contributed by atoms with Crippen LogP contribution in [0.3, 0.4) is 0 Å². The minimum Gasteiger partial charge on any atom is -0.474 e. The summed E-state index contributed by atoms with van der Waals surface area (Å²) in [6.45, 7) is 0. The van der Waals surface area contributed by atoms with E-state index < -0.39 is 16.1 Å². The van der Waals surface area contributed by atoms with Crippen molar-refractivity contribution in [3.05, 3.63) is 194 Å². The van der Waals surface area contributed by atoms with Gasteiger partial charge < -0.3 is 4.42 Å². The first-order valence-electron chi connectivity index (χ1n) is 14.8. The van der Waals surface area contributed by atoms with E-state index in [-0.39, 0.29) is 0 Å². The quantitative estimate of drug-likeness (QED) is 0.194. The Morgan fingerprint density at radius 3 is 0.605 bits per heavy atom. The molecule has 0 unspecified atom stereocenters. The smallest absolute Gasteiger partial charge is 0.223 e. The zero-order valence-electron chi connectivity index (χ0n) is 23.9. The summed E-state index contributed by atoms with van der Waals surface area (Å²) < 4.78 is 7.46. The molecule has 0 amide bonds. The van der Waals surface area contributed by atoms with Crippen molar-refractivity contribution in [1.29, 1.82) is 0 Å². The van der Waals surface area contributed by atoms with E-state index in [2.05, 4.69) is 194 Å². The molecule has 1 aromatic heterocycles. The summed E-state index contributed by atoms with van der Waals surface area (Å²) in [5.41, 5.74) is 0. The lowest BCUT2D eigenvalue weighted by Crippen LogP contribution is -2.76. The van der Waals surface area contributed by atoms with Crippen molar-refractivity contribution in [1.82, 2.24) is 0 Å². The first kappa shape index (κ1) is 26.9. The van der Waals surface area contributed by atoms with Gasteiger partial charge >= 0.3 is 0 Å². The second-order valence-corrected chi connectivity index (χ2v) is 18.3. The van der Waals surface area contributed by atoms with Crippen LogP contribution in [0.5, 0.6) is 0 Å². The SMILES string of the molecule is c1ccc([Si](c2ccccc2)(c2ccccc2)c2ccc([Si](c3ccccc3)(c3ccccc3)c3ccccc3)o2)cc1. The Morgan fingerprint density at radius 1 is 0.233 bits per heavy atom. The molecule has 0 spiro atoms. The summed E-state index contributed by atoms with van der Waals surface area (Å²) in [6, 6.07) is 70.4. The van der Waals surface area contributed by atoms with Crippen molar-refractivity contribution in [2.75, 3.05) is 0 Å². The van der Waals surface area contributed by atoms with E-state index in [0.29, 0.717) is 0 Å². The number of rotatable bonds is 8. The van der Waals surface area contributed by atoms with Crippen LogP contribution in [0, 0.1) is 0 Å². The van der Waals surface area contributed by atoms with Crippen LogP contribution in [0.2, 0.25) is 0 Å². The van der Waals surface area contributed by atoms with Crippen LogP contribution < -0.4 is 41.9 Å². The maximum atomic E-state index is 7.46. The highest BCUT2D eigenvalue weighted by molar-refractivity contribution is 7.21. The molecule has 0 radical (unpaired) electrons. The predicted octanol–water partition coefficient (Wildman–Crippen LogP) is 4.03. The minimum atomic E-state index is -2.81. The Bertz CT molecular complexity index is 1550. The molecule has 0 atom stereocenters. The van der Waals surface area contributed by atoms with Gasteiger partial charge in [0.2, 0.25) is 16.1 Å². The first-order valence-corrected chi connectivity index (χ1v) is 18.8. The highest BCUT2D eigenvalue weighted by Crippen LogP contribution is 2.13. The van der Waals surface area contributed by atoms with Gasteiger partial charge in [0.15, 0.2) is 0 Å². The second kappa shape index (κ2) is 11.7. The molecule has 0 saturated carbocycles. The highest BCUT2D eigenvalue weighted by Gasteiger charge is 2.48. The van der Waals surface area contributed by atoms with Crippen molar-refractivity contribution < 1.29 is 4.42 Å². The normalized spacial score (nSPS) is 11.7. The molecule has 0 N–H and O–H groups in total. The minimum absolute atomic E-state index is 1.05. The van der Waals surface area contributed by atoms with Gasteiger partial charge in [-0.15, -0.1) is 0 Å². The third-order valence-corrected chi connectivity index (χ3v) is 17.8. The predicted molar refractivity (Wildman–Crippen MR) is 186 cm³/mol. The summed E-state index contributed by atoms with van der Waals surface area (Å²) in [7, 11) is -5.61. The molecule has 0 saturated heterocycles. The Labute approximate surface area is 255 Å². The van der Waals surface area contributed by atoms with Crippen molar-refractivity contribution in [2.24, 2.45) is 0 Å². The van der Waals surface area contributed by atoms with Crippen LogP contribution in [-0.4, -0.2) is 16.1 Å². The Balaban J connectivity index is 1.58. The van der Waals surface area contributed by atoms with Gasteiger partial charge in [-0.25, -0.2) is 0 Å². The molecule has 0 fully saturated rings. The van der Waals surface area contributed by atoms with E-state index >= 15 is 0 Å². The standard InChI is InChI=1S/C40H32OSi2/c1-7-19-33(20-8-1)42(34-21-9-2-10-22-34,35-23-11-3-12-24-35)39-31-32-40(41-39)43(36-25-13-4-14-26-36,37-27-15-5-16-28-37)38-29-17-6-18-30-38/h1-32H. The lowest BCUT2D eigenvalue weighted by molar-refractivity contribution is 0.632. The van der Waals surface area contributed by atoms with Crippen molar-refractivity contribution in [3.8, 4) is 0 Å². The van der Waals surface area contributed by atoms with Gasteiger partial charge in [0.25, 0.3) is 0 Å². The molecular formula is C40H32OSi2. The largest absolute Gasteiger partial charge is 0.474 e. The Morgan fingerprint density at radius 2 is 0.419 bits per heavy atom. The molecule has 1 heterocycles. The van der Waals surface area contributed by atoms with E-state index in [1.54, 1.807) is 0 Å². The number of hydrogen-bond donors (Lipinski definition) is 0. The van der Waals surface area contributed by atoms with Gasteiger partial charge in [0.1, 0.15) is 0 Å². The van der Waals surface area contributed by atoms with Crippen LogP contribution in [0.25, 0.3) is 0 Å². The molecular weight excluding hydrogens is 553 g/mol. The first-order chi connectivity index (χ1) is 21.3. The fraction of sp³-hybridized carbons (Fsp3) is 0. The number of benzene rings is 6. The lowest BCUT2D eigenvalue weighted by atomic mass is 10.3.